The van der Waals surface area contributed by atoms with Crippen LogP contribution in [0, 0.1) is 17.3 Å². The van der Waals surface area contributed by atoms with Crippen molar-refractivity contribution in [2.45, 2.75) is 27.2 Å². The molecule has 4 nitrogen and oxygen atoms in total. The van der Waals surface area contributed by atoms with Crippen molar-refractivity contribution in [3.05, 3.63) is 23.8 Å². The van der Waals surface area contributed by atoms with Gasteiger partial charge in [-0.05, 0) is 25.2 Å². The summed E-state index contributed by atoms with van der Waals surface area (Å²) >= 11 is 0. The highest BCUT2D eigenvalue weighted by Gasteiger charge is 2.43. The molecule has 0 saturated carbocycles. The monoisotopic (exact) mass is 352 g/mol. The number of hydrogen-bond acceptors (Lipinski definition) is 2. The molecule has 0 aliphatic heterocycles. The summed E-state index contributed by atoms with van der Waals surface area (Å²) in [5.41, 5.74) is 0.833. The average Bonchev–Trinajstić information content (AvgIpc) is 2.45. The minimum absolute atomic E-state index is 0.0588. The summed E-state index contributed by atoms with van der Waals surface area (Å²) in [5, 5.41) is 0. The Kier molecular flexibility index (Phi) is 7.05. The van der Waals surface area contributed by atoms with E-state index in [1.807, 2.05) is 0 Å². The molecular weight excluding hydrogens is 312 g/mol. The van der Waals surface area contributed by atoms with Crippen molar-refractivity contribution in [3.63, 3.8) is 0 Å². The Morgan fingerprint density at radius 2 is 1.76 bits per heavy atom. The minimum Gasteiger partial charge on any atom is -0.459 e. The Morgan fingerprint density at radius 1 is 1.16 bits per heavy atom. The van der Waals surface area contributed by atoms with Crippen LogP contribution in [-0.4, -0.2) is 76.9 Å². The van der Waals surface area contributed by atoms with Crippen LogP contribution in [0.3, 0.4) is 0 Å². The van der Waals surface area contributed by atoms with Crippen LogP contribution in [0.25, 0.3) is 0 Å². The average molecular weight is 353 g/mol. The number of hydrogen-bond donors (Lipinski definition) is 0. The van der Waals surface area contributed by atoms with Crippen LogP contribution in [0.15, 0.2) is 23.8 Å². The molecule has 1 rings (SSSR count). The van der Waals surface area contributed by atoms with Gasteiger partial charge in [-0.25, -0.2) is 0 Å². The Bertz CT molecular complexity index is 523. The molecule has 0 aromatic heterocycles. The van der Waals surface area contributed by atoms with Gasteiger partial charge in [-0.2, -0.15) is 0 Å². The fourth-order valence-corrected chi connectivity index (χ4v) is 3.34. The van der Waals surface area contributed by atoms with E-state index in [4.69, 9.17) is 4.74 Å². The molecule has 0 bridgehead atoms. The number of ether oxygens (including phenoxy) is 1. The van der Waals surface area contributed by atoms with Crippen molar-refractivity contribution in [1.82, 2.24) is 0 Å². The SMILES string of the molecule is CCC(C)(C(=O)OCC[N+](C)(C)C)C1C=C(C[N+](C)(C)C)C=CC1C. The first-order valence-electron chi connectivity index (χ1n) is 9.45. The fourth-order valence-electron chi connectivity index (χ4n) is 3.34. The zero-order valence-corrected chi connectivity index (χ0v) is 17.9. The first-order valence-corrected chi connectivity index (χ1v) is 9.45. The number of carbonyl (C=O) groups is 1. The third-order valence-electron chi connectivity index (χ3n) is 5.16. The van der Waals surface area contributed by atoms with E-state index < -0.39 is 5.41 Å². The van der Waals surface area contributed by atoms with Crippen molar-refractivity contribution in [2.24, 2.45) is 17.3 Å². The van der Waals surface area contributed by atoms with Crippen LogP contribution in [0.5, 0.6) is 0 Å². The van der Waals surface area contributed by atoms with E-state index in [0.717, 1.165) is 28.5 Å². The zero-order valence-electron chi connectivity index (χ0n) is 17.9. The summed E-state index contributed by atoms with van der Waals surface area (Å²) in [6.07, 6.45) is 7.58. The summed E-state index contributed by atoms with van der Waals surface area (Å²) < 4.78 is 7.38. The molecule has 0 aromatic rings. The highest BCUT2D eigenvalue weighted by atomic mass is 16.5. The van der Waals surface area contributed by atoms with E-state index in [1.165, 1.54) is 5.57 Å². The summed E-state index contributed by atoms with van der Waals surface area (Å²) in [4.78, 5) is 12.9. The van der Waals surface area contributed by atoms with Crippen molar-refractivity contribution in [3.8, 4) is 0 Å². The highest BCUT2D eigenvalue weighted by molar-refractivity contribution is 5.77. The second kappa shape index (κ2) is 8.05. The van der Waals surface area contributed by atoms with Crippen molar-refractivity contribution in [1.29, 1.82) is 0 Å². The van der Waals surface area contributed by atoms with Gasteiger partial charge in [0, 0.05) is 5.57 Å². The lowest BCUT2D eigenvalue weighted by Gasteiger charge is -2.38. The summed E-state index contributed by atoms with van der Waals surface area (Å²) in [5.74, 6) is 0.462. The molecule has 1 aliphatic rings. The molecule has 0 aromatic carbocycles. The normalized spacial score (nSPS) is 23.8. The van der Waals surface area contributed by atoms with E-state index in [2.05, 4.69) is 81.3 Å². The number of esters is 1. The number of allylic oxidation sites excluding steroid dienone is 2. The third-order valence-corrected chi connectivity index (χ3v) is 5.16. The van der Waals surface area contributed by atoms with Crippen LogP contribution in [-0.2, 0) is 9.53 Å². The first kappa shape index (κ1) is 21.9. The van der Waals surface area contributed by atoms with Gasteiger partial charge >= 0.3 is 5.97 Å². The maximum Gasteiger partial charge on any atom is 0.312 e. The Labute approximate surface area is 155 Å². The van der Waals surface area contributed by atoms with Gasteiger partial charge in [-0.1, -0.05) is 32.1 Å². The van der Waals surface area contributed by atoms with Crippen LogP contribution in [0.2, 0.25) is 0 Å². The van der Waals surface area contributed by atoms with Crippen molar-refractivity contribution < 1.29 is 18.5 Å². The second-order valence-corrected chi connectivity index (χ2v) is 9.85. The molecule has 3 atom stereocenters. The number of rotatable bonds is 8. The first-order chi connectivity index (χ1) is 11.3. The standard InChI is InChI=1S/C21H40N2O2/c1-10-21(3,20(24)25-14-13-22(4,5)6)19-15-18(12-11-17(19)2)16-23(7,8)9/h11-12,15,17,19H,10,13-14,16H2,1-9H3/q+2. The second-order valence-electron chi connectivity index (χ2n) is 9.85. The lowest BCUT2D eigenvalue weighted by Crippen LogP contribution is -2.43. The van der Waals surface area contributed by atoms with Crippen LogP contribution in [0.1, 0.15) is 27.2 Å². The third kappa shape index (κ3) is 6.59. The molecule has 0 radical (unpaired) electrons. The minimum atomic E-state index is -0.481. The highest BCUT2D eigenvalue weighted by Crippen LogP contribution is 2.41. The van der Waals surface area contributed by atoms with Crippen molar-refractivity contribution >= 4 is 5.97 Å². The molecule has 3 unspecified atom stereocenters. The molecule has 4 heteroatoms. The molecule has 144 valence electrons. The predicted octanol–water partition coefficient (Wildman–Crippen LogP) is 3.11. The lowest BCUT2D eigenvalue weighted by molar-refractivity contribution is -0.870. The molecule has 0 heterocycles. The van der Waals surface area contributed by atoms with Gasteiger partial charge in [0.05, 0.1) is 47.7 Å². The van der Waals surface area contributed by atoms with Gasteiger partial charge in [0.1, 0.15) is 19.7 Å². The fraction of sp³-hybridized carbons (Fsp3) is 0.762. The lowest BCUT2D eigenvalue weighted by atomic mass is 9.67. The Hall–Kier alpha value is -1.13. The van der Waals surface area contributed by atoms with Gasteiger partial charge in [-0.3, -0.25) is 4.79 Å². The van der Waals surface area contributed by atoms with E-state index >= 15 is 0 Å². The molecule has 1 aliphatic carbocycles. The quantitative estimate of drug-likeness (QED) is 0.496. The van der Waals surface area contributed by atoms with Gasteiger partial charge in [0.25, 0.3) is 0 Å². The molecule has 25 heavy (non-hydrogen) atoms. The van der Waals surface area contributed by atoms with E-state index in [9.17, 15) is 4.79 Å². The van der Waals surface area contributed by atoms with Gasteiger partial charge in [0.15, 0.2) is 0 Å². The van der Waals surface area contributed by atoms with Gasteiger partial charge < -0.3 is 13.7 Å². The smallest absolute Gasteiger partial charge is 0.312 e. The van der Waals surface area contributed by atoms with Crippen LogP contribution in [0.4, 0.5) is 0 Å². The summed E-state index contributed by atoms with van der Waals surface area (Å²) in [6, 6.07) is 0. The predicted molar refractivity (Wildman–Crippen MR) is 105 cm³/mol. The number of quaternary nitrogens is 2. The Morgan fingerprint density at radius 3 is 2.24 bits per heavy atom. The van der Waals surface area contributed by atoms with Crippen LogP contribution >= 0.6 is 0 Å². The molecule has 0 saturated heterocycles. The molecule has 0 N–H and O–H groups in total. The molecule has 0 spiro atoms. The summed E-state index contributed by atoms with van der Waals surface area (Å²) in [7, 11) is 12.9. The summed E-state index contributed by atoms with van der Waals surface area (Å²) in [6.45, 7) is 8.64. The number of nitrogens with zero attached hydrogens (tertiary/aromatic N) is 2. The zero-order chi connectivity index (χ0) is 19.5. The van der Waals surface area contributed by atoms with E-state index in [1.54, 1.807) is 0 Å². The van der Waals surface area contributed by atoms with Gasteiger partial charge in [-0.15, -0.1) is 0 Å². The number of likely N-dealkylation sites (N-methyl/N-ethyl adjacent to an activating group) is 2. The molecular formula is C21H40N2O2+2. The molecule has 0 fully saturated rings. The van der Waals surface area contributed by atoms with Crippen LogP contribution < -0.4 is 0 Å². The molecule has 0 amide bonds. The largest absolute Gasteiger partial charge is 0.459 e. The van der Waals surface area contributed by atoms with E-state index in [0.29, 0.717) is 12.5 Å². The maximum atomic E-state index is 12.9. The topological polar surface area (TPSA) is 26.3 Å². The van der Waals surface area contributed by atoms with Gasteiger partial charge in [0.2, 0.25) is 0 Å². The van der Waals surface area contributed by atoms with E-state index in [-0.39, 0.29) is 11.9 Å². The maximum absolute atomic E-state index is 12.9. The van der Waals surface area contributed by atoms with Crippen molar-refractivity contribution in [2.75, 3.05) is 62.0 Å². The number of carbonyl (C=O) groups excluding carboxylic acids is 1. The Balaban J connectivity index is 2.93.